The Hall–Kier alpha value is -2.51. The van der Waals surface area contributed by atoms with Crippen molar-refractivity contribution < 1.29 is 17.7 Å². The zero-order valence-electron chi connectivity index (χ0n) is 14.4. The summed E-state index contributed by atoms with van der Waals surface area (Å²) in [6.45, 7) is 2.84. The van der Waals surface area contributed by atoms with Crippen LogP contribution in [-0.2, 0) is 25.7 Å². The lowest BCUT2D eigenvalue weighted by atomic mass is 10.1. The van der Waals surface area contributed by atoms with Crippen LogP contribution in [0.2, 0.25) is 0 Å². The first kappa shape index (κ1) is 18.8. The Morgan fingerprint density at radius 1 is 1.28 bits per heavy atom. The van der Waals surface area contributed by atoms with E-state index >= 15 is 0 Å². The van der Waals surface area contributed by atoms with Gasteiger partial charge in [-0.2, -0.15) is 13.2 Å². The van der Waals surface area contributed by atoms with Crippen molar-refractivity contribution in [2.45, 2.75) is 32.6 Å². The van der Waals surface area contributed by atoms with E-state index < -0.39 is 11.7 Å². The van der Waals surface area contributed by atoms with Crippen LogP contribution in [-0.4, -0.2) is 30.1 Å². The number of halogens is 3. The summed E-state index contributed by atoms with van der Waals surface area (Å²) >= 11 is 0. The van der Waals surface area contributed by atoms with Crippen molar-refractivity contribution >= 4 is 5.96 Å². The van der Waals surface area contributed by atoms with Crippen molar-refractivity contribution in [1.29, 1.82) is 0 Å². The lowest BCUT2D eigenvalue weighted by Gasteiger charge is -2.22. The lowest BCUT2D eigenvalue weighted by molar-refractivity contribution is -0.137. The molecule has 0 bridgehead atoms. The zero-order valence-corrected chi connectivity index (χ0v) is 14.4. The molecule has 0 fully saturated rings. The Labute approximate surface area is 144 Å². The van der Waals surface area contributed by atoms with Gasteiger partial charge in [-0.3, -0.25) is 4.99 Å². The average molecular weight is 354 g/mol. The minimum absolute atomic E-state index is 0.425. The van der Waals surface area contributed by atoms with Gasteiger partial charge in [0, 0.05) is 26.7 Å². The molecular weight excluding hydrogens is 333 g/mol. The fraction of sp³-hybridized carbons (Fsp3) is 0.412. The Morgan fingerprint density at radius 3 is 2.48 bits per heavy atom. The largest absolute Gasteiger partial charge is 0.416 e. The van der Waals surface area contributed by atoms with E-state index in [1.54, 1.807) is 7.05 Å². The SMILES string of the molecule is CCc1cc(CNC(=NC)N(C)Cc2ccc(C(F)(F)F)cc2)on1. The summed E-state index contributed by atoms with van der Waals surface area (Å²) in [4.78, 5) is 5.99. The van der Waals surface area contributed by atoms with Crippen LogP contribution in [0.15, 0.2) is 39.8 Å². The van der Waals surface area contributed by atoms with E-state index in [0.29, 0.717) is 24.8 Å². The number of hydrogen-bond acceptors (Lipinski definition) is 3. The zero-order chi connectivity index (χ0) is 18.4. The molecule has 2 rings (SSSR count). The van der Waals surface area contributed by atoms with E-state index in [9.17, 15) is 13.2 Å². The van der Waals surface area contributed by atoms with Crippen LogP contribution in [0.25, 0.3) is 0 Å². The van der Waals surface area contributed by atoms with Gasteiger partial charge in [0.25, 0.3) is 0 Å². The van der Waals surface area contributed by atoms with Crippen molar-refractivity contribution in [2.24, 2.45) is 4.99 Å². The molecule has 1 heterocycles. The first-order valence-corrected chi connectivity index (χ1v) is 7.86. The maximum Gasteiger partial charge on any atom is 0.416 e. The first-order valence-electron chi connectivity index (χ1n) is 7.86. The second-order valence-electron chi connectivity index (χ2n) is 5.59. The Kier molecular flexibility index (Phi) is 6.06. The van der Waals surface area contributed by atoms with Crippen LogP contribution in [0, 0.1) is 0 Å². The van der Waals surface area contributed by atoms with E-state index in [4.69, 9.17) is 4.52 Å². The molecule has 0 saturated carbocycles. The van der Waals surface area contributed by atoms with E-state index in [1.807, 2.05) is 24.9 Å². The highest BCUT2D eigenvalue weighted by Gasteiger charge is 2.29. The molecule has 1 aromatic heterocycles. The second-order valence-corrected chi connectivity index (χ2v) is 5.59. The van der Waals surface area contributed by atoms with Gasteiger partial charge in [-0.25, -0.2) is 0 Å². The topological polar surface area (TPSA) is 53.7 Å². The van der Waals surface area contributed by atoms with E-state index in [-0.39, 0.29) is 0 Å². The monoisotopic (exact) mass is 354 g/mol. The molecule has 8 heteroatoms. The van der Waals surface area contributed by atoms with Crippen LogP contribution in [0.4, 0.5) is 13.2 Å². The summed E-state index contributed by atoms with van der Waals surface area (Å²) in [6.07, 6.45) is -3.53. The van der Waals surface area contributed by atoms with Gasteiger partial charge in [-0.15, -0.1) is 0 Å². The molecule has 0 unspecified atom stereocenters. The highest BCUT2D eigenvalue weighted by atomic mass is 19.4. The Morgan fingerprint density at radius 2 is 1.96 bits per heavy atom. The summed E-state index contributed by atoms with van der Waals surface area (Å²) < 4.78 is 43.0. The van der Waals surface area contributed by atoms with Gasteiger partial charge in [0.15, 0.2) is 11.7 Å². The quantitative estimate of drug-likeness (QED) is 0.660. The number of aryl methyl sites for hydroxylation is 1. The number of guanidine groups is 1. The number of rotatable bonds is 5. The van der Waals surface area contributed by atoms with Crippen molar-refractivity contribution in [2.75, 3.05) is 14.1 Å². The van der Waals surface area contributed by atoms with Gasteiger partial charge in [0.05, 0.1) is 17.8 Å². The third-order valence-corrected chi connectivity index (χ3v) is 3.67. The number of hydrogen-bond donors (Lipinski definition) is 1. The van der Waals surface area contributed by atoms with Crippen molar-refractivity contribution in [3.63, 3.8) is 0 Å². The Balaban J connectivity index is 1.94. The standard InChI is InChI=1S/C17H21F3N4O/c1-4-14-9-15(25-23-14)10-22-16(21-2)24(3)11-12-5-7-13(8-6-12)17(18,19)20/h5-9H,4,10-11H2,1-3H3,(H,21,22). The van der Waals surface area contributed by atoms with E-state index in [2.05, 4.69) is 15.5 Å². The molecule has 0 atom stereocenters. The molecule has 1 aromatic carbocycles. The van der Waals surface area contributed by atoms with Crippen LogP contribution in [0.1, 0.15) is 29.5 Å². The number of alkyl halides is 3. The summed E-state index contributed by atoms with van der Waals surface area (Å²) in [5, 5.41) is 7.06. The molecule has 136 valence electrons. The van der Waals surface area contributed by atoms with Gasteiger partial charge in [-0.1, -0.05) is 24.2 Å². The van der Waals surface area contributed by atoms with Crippen LogP contribution in [0.3, 0.4) is 0 Å². The second kappa shape index (κ2) is 8.04. The maximum atomic E-state index is 12.6. The number of aromatic nitrogens is 1. The van der Waals surface area contributed by atoms with Crippen LogP contribution < -0.4 is 5.32 Å². The highest BCUT2D eigenvalue weighted by Crippen LogP contribution is 2.29. The minimum atomic E-state index is -4.32. The molecule has 25 heavy (non-hydrogen) atoms. The van der Waals surface area contributed by atoms with Gasteiger partial charge in [0.2, 0.25) is 0 Å². The smallest absolute Gasteiger partial charge is 0.359 e. The minimum Gasteiger partial charge on any atom is -0.359 e. The van der Waals surface area contributed by atoms with Crippen LogP contribution in [0.5, 0.6) is 0 Å². The van der Waals surface area contributed by atoms with Crippen molar-refractivity contribution in [3.8, 4) is 0 Å². The molecular formula is C17H21F3N4O. The predicted octanol–water partition coefficient (Wildman–Crippen LogP) is 3.46. The lowest BCUT2D eigenvalue weighted by Crippen LogP contribution is -2.37. The molecule has 5 nitrogen and oxygen atoms in total. The molecule has 0 aliphatic carbocycles. The normalized spacial score (nSPS) is 12.3. The molecule has 0 amide bonds. The summed E-state index contributed by atoms with van der Waals surface area (Å²) in [5.41, 5.74) is 0.981. The average Bonchev–Trinajstić information content (AvgIpc) is 3.03. The van der Waals surface area contributed by atoms with Crippen LogP contribution >= 0.6 is 0 Å². The molecule has 0 spiro atoms. The molecule has 0 aliphatic heterocycles. The number of nitrogens with one attached hydrogen (secondary N) is 1. The third kappa shape index (κ3) is 5.23. The van der Waals surface area contributed by atoms with E-state index in [0.717, 1.165) is 29.8 Å². The molecule has 0 aliphatic rings. The molecule has 1 N–H and O–H groups in total. The number of benzene rings is 1. The summed E-state index contributed by atoms with van der Waals surface area (Å²) in [5.74, 6) is 1.30. The molecule has 0 saturated heterocycles. The van der Waals surface area contributed by atoms with E-state index in [1.165, 1.54) is 12.1 Å². The van der Waals surface area contributed by atoms with Gasteiger partial charge >= 0.3 is 6.18 Å². The Bertz CT molecular complexity index is 707. The predicted molar refractivity (Wildman–Crippen MR) is 89.0 cm³/mol. The summed E-state index contributed by atoms with van der Waals surface area (Å²) in [6, 6.07) is 6.98. The first-order chi connectivity index (χ1) is 11.8. The molecule has 2 aromatic rings. The number of aliphatic imine (C=N–C) groups is 1. The molecule has 0 radical (unpaired) electrons. The maximum absolute atomic E-state index is 12.6. The highest BCUT2D eigenvalue weighted by molar-refractivity contribution is 5.79. The number of nitrogens with zero attached hydrogens (tertiary/aromatic N) is 3. The van der Waals surface area contributed by atoms with Gasteiger partial charge < -0.3 is 14.7 Å². The van der Waals surface area contributed by atoms with Gasteiger partial charge in [0.1, 0.15) is 0 Å². The van der Waals surface area contributed by atoms with Gasteiger partial charge in [-0.05, 0) is 24.1 Å². The fourth-order valence-electron chi connectivity index (χ4n) is 2.30. The van der Waals surface area contributed by atoms with Crippen molar-refractivity contribution in [1.82, 2.24) is 15.4 Å². The summed E-state index contributed by atoms with van der Waals surface area (Å²) in [7, 11) is 3.45. The third-order valence-electron chi connectivity index (χ3n) is 3.67. The fourth-order valence-corrected chi connectivity index (χ4v) is 2.30. The van der Waals surface area contributed by atoms with Crippen molar-refractivity contribution in [3.05, 3.63) is 52.9 Å².